The van der Waals surface area contributed by atoms with Crippen LogP contribution >= 0.6 is 0 Å². The van der Waals surface area contributed by atoms with E-state index in [4.69, 9.17) is 4.74 Å². The molecule has 2 bridgehead atoms. The minimum absolute atomic E-state index is 0.0189. The average Bonchev–Trinajstić information content (AvgIpc) is 3.24. The third-order valence-corrected chi connectivity index (χ3v) is 6.20. The van der Waals surface area contributed by atoms with Gasteiger partial charge >= 0.3 is 5.97 Å². The maximum absolute atomic E-state index is 12.6. The van der Waals surface area contributed by atoms with Crippen molar-refractivity contribution < 1.29 is 19.2 Å². The number of hydrogen-bond donors (Lipinski definition) is 1. The quantitative estimate of drug-likeness (QED) is 0.368. The van der Waals surface area contributed by atoms with E-state index in [0.717, 1.165) is 11.8 Å². The molecule has 0 saturated heterocycles. The predicted octanol–water partition coefficient (Wildman–Crippen LogP) is 2.26. The van der Waals surface area contributed by atoms with Crippen LogP contribution in [0.5, 0.6) is 5.75 Å². The van der Waals surface area contributed by atoms with Crippen LogP contribution in [-0.2, 0) is 9.59 Å². The zero-order valence-electron chi connectivity index (χ0n) is 15.2. The van der Waals surface area contributed by atoms with Gasteiger partial charge in [-0.3, -0.25) is 14.9 Å². The number of hydrogen-bond acceptors (Lipinski definition) is 6. The smallest absolute Gasteiger partial charge is 0.331 e. The molecule has 1 aromatic rings. The Morgan fingerprint density at radius 2 is 2.22 bits per heavy atom. The first-order valence-electron chi connectivity index (χ1n) is 9.44. The first-order chi connectivity index (χ1) is 12.9. The molecule has 0 aromatic heterocycles. The van der Waals surface area contributed by atoms with E-state index in [1.807, 2.05) is 0 Å². The van der Waals surface area contributed by atoms with Crippen molar-refractivity contribution in [1.29, 1.82) is 0 Å². The van der Waals surface area contributed by atoms with Gasteiger partial charge < -0.3 is 15.0 Å². The number of nitrogens with one attached hydrogen (secondary N) is 1. The van der Waals surface area contributed by atoms with E-state index in [2.05, 4.69) is 12.2 Å². The van der Waals surface area contributed by atoms with Crippen molar-refractivity contribution in [1.82, 2.24) is 5.32 Å². The van der Waals surface area contributed by atoms with Gasteiger partial charge in [-0.05, 0) is 50.0 Å². The summed E-state index contributed by atoms with van der Waals surface area (Å²) in [7, 11) is 0. The molecule has 0 spiro atoms. The number of nitro benzene ring substituents is 1. The fourth-order valence-electron chi connectivity index (χ4n) is 4.98. The minimum atomic E-state index is -0.545. The first-order valence-corrected chi connectivity index (χ1v) is 9.44. The molecule has 3 aliphatic rings. The highest BCUT2D eigenvalue weighted by Gasteiger charge is 2.42. The molecule has 8 nitrogen and oxygen atoms in total. The summed E-state index contributed by atoms with van der Waals surface area (Å²) >= 11 is 0. The van der Waals surface area contributed by atoms with Gasteiger partial charge in [0.2, 0.25) is 5.91 Å². The van der Waals surface area contributed by atoms with Gasteiger partial charge in [-0.15, -0.1) is 0 Å². The third-order valence-electron chi connectivity index (χ3n) is 6.20. The van der Waals surface area contributed by atoms with Crippen molar-refractivity contribution in [3.8, 4) is 5.75 Å². The van der Waals surface area contributed by atoms with Gasteiger partial charge in [0, 0.05) is 12.1 Å². The number of rotatable bonds is 5. The normalized spacial score (nSPS) is 27.1. The lowest BCUT2D eigenvalue weighted by atomic mass is 9.84. The molecular weight excluding hydrogens is 350 g/mol. The Morgan fingerprint density at radius 3 is 2.89 bits per heavy atom. The number of amides is 1. The van der Waals surface area contributed by atoms with Crippen molar-refractivity contribution in [2.24, 2.45) is 17.8 Å². The first kappa shape index (κ1) is 17.8. The number of non-ortho nitro benzene ring substituents is 1. The highest BCUT2D eigenvalue weighted by atomic mass is 16.6. The van der Waals surface area contributed by atoms with Gasteiger partial charge in [-0.2, -0.15) is 0 Å². The molecule has 4 unspecified atom stereocenters. The lowest BCUT2D eigenvalue weighted by molar-refractivity contribution is -0.384. The zero-order chi connectivity index (χ0) is 19.1. The molecule has 2 aliphatic carbocycles. The van der Waals surface area contributed by atoms with Crippen molar-refractivity contribution in [2.45, 2.75) is 38.6 Å². The second-order valence-corrected chi connectivity index (χ2v) is 7.93. The Kier molecular flexibility index (Phi) is 4.49. The van der Waals surface area contributed by atoms with E-state index in [0.29, 0.717) is 11.6 Å². The van der Waals surface area contributed by atoms with Gasteiger partial charge in [0.25, 0.3) is 5.69 Å². The standard InChI is InChI=1S/C19H23N3O5/c1-11(15-7-12-2-3-13(15)6-12)20-18(23)9-21-10-19(24)27-17-8-14(22(25)26)4-5-16(17)21/h4-5,8,11-13,15H,2-3,6-7,9-10H2,1H3,(H,20,23). The SMILES string of the molecule is CC(NC(=O)CN1CC(=O)Oc2cc([N+](=O)[O-])ccc21)C1CC2CCC1C2. The van der Waals surface area contributed by atoms with E-state index in [1.165, 1.54) is 43.9 Å². The topological polar surface area (TPSA) is 102 Å². The number of benzene rings is 1. The molecule has 27 heavy (non-hydrogen) atoms. The summed E-state index contributed by atoms with van der Waals surface area (Å²) < 4.78 is 5.11. The number of ether oxygens (including phenoxy) is 1. The number of nitro groups is 1. The zero-order valence-corrected chi connectivity index (χ0v) is 15.2. The van der Waals surface area contributed by atoms with Crippen LogP contribution in [0.3, 0.4) is 0 Å². The molecule has 0 radical (unpaired) electrons. The largest absolute Gasteiger partial charge is 0.423 e. The minimum Gasteiger partial charge on any atom is -0.423 e. The van der Waals surface area contributed by atoms with Crippen LogP contribution in [0.25, 0.3) is 0 Å². The second kappa shape index (κ2) is 6.83. The maximum Gasteiger partial charge on any atom is 0.331 e. The predicted molar refractivity (Wildman–Crippen MR) is 97.5 cm³/mol. The van der Waals surface area contributed by atoms with E-state index >= 15 is 0 Å². The molecule has 1 heterocycles. The van der Waals surface area contributed by atoms with Crippen LogP contribution in [0.4, 0.5) is 11.4 Å². The fraction of sp³-hybridized carbons (Fsp3) is 0.579. The Morgan fingerprint density at radius 1 is 1.41 bits per heavy atom. The molecule has 1 aromatic carbocycles. The number of fused-ring (bicyclic) bond motifs is 3. The summed E-state index contributed by atoms with van der Waals surface area (Å²) in [5.41, 5.74) is 0.362. The highest BCUT2D eigenvalue weighted by molar-refractivity contribution is 5.89. The molecule has 1 N–H and O–H groups in total. The van der Waals surface area contributed by atoms with E-state index in [-0.39, 0.29) is 36.5 Å². The van der Waals surface area contributed by atoms with Crippen molar-refractivity contribution in [3.63, 3.8) is 0 Å². The molecule has 2 fully saturated rings. The molecule has 1 amide bonds. The molecule has 4 atom stereocenters. The van der Waals surface area contributed by atoms with Crippen LogP contribution in [0.2, 0.25) is 0 Å². The lowest BCUT2D eigenvalue weighted by Crippen LogP contribution is -2.47. The maximum atomic E-state index is 12.6. The van der Waals surface area contributed by atoms with Gasteiger partial charge in [0.05, 0.1) is 23.2 Å². The van der Waals surface area contributed by atoms with Crippen LogP contribution in [0.15, 0.2) is 18.2 Å². The Labute approximate surface area is 157 Å². The molecule has 1 aliphatic heterocycles. The molecule has 2 saturated carbocycles. The van der Waals surface area contributed by atoms with Crippen molar-refractivity contribution >= 4 is 23.3 Å². The number of carbonyl (C=O) groups excluding carboxylic acids is 2. The summed E-state index contributed by atoms with van der Waals surface area (Å²) in [5, 5.41) is 14.0. The second-order valence-electron chi connectivity index (χ2n) is 7.93. The highest BCUT2D eigenvalue weighted by Crippen LogP contribution is 2.49. The Hall–Kier alpha value is -2.64. The van der Waals surface area contributed by atoms with E-state index in [9.17, 15) is 19.7 Å². The van der Waals surface area contributed by atoms with Crippen LogP contribution < -0.4 is 15.0 Å². The fourth-order valence-corrected chi connectivity index (χ4v) is 4.98. The van der Waals surface area contributed by atoms with Crippen molar-refractivity contribution in [3.05, 3.63) is 28.3 Å². The number of nitrogens with zero attached hydrogens (tertiary/aromatic N) is 2. The van der Waals surface area contributed by atoms with Crippen LogP contribution in [-0.4, -0.2) is 35.9 Å². The lowest BCUT2D eigenvalue weighted by Gasteiger charge is -2.31. The Balaban J connectivity index is 1.42. The van der Waals surface area contributed by atoms with Crippen molar-refractivity contribution in [2.75, 3.05) is 18.0 Å². The third kappa shape index (κ3) is 3.48. The Bertz CT molecular complexity index is 796. The number of anilines is 1. The molecule has 4 rings (SSSR count). The number of carbonyl (C=O) groups is 2. The summed E-state index contributed by atoms with van der Waals surface area (Å²) in [6.07, 6.45) is 5.06. The molecule has 8 heteroatoms. The van der Waals surface area contributed by atoms with Gasteiger partial charge in [-0.25, -0.2) is 4.79 Å². The molecule has 144 valence electrons. The average molecular weight is 373 g/mol. The van der Waals surface area contributed by atoms with Crippen LogP contribution in [0.1, 0.15) is 32.6 Å². The van der Waals surface area contributed by atoms with Gasteiger partial charge in [0.1, 0.15) is 6.54 Å². The summed E-state index contributed by atoms with van der Waals surface area (Å²) in [6, 6.07) is 4.20. The molecular formula is C19H23N3O5. The summed E-state index contributed by atoms with van der Waals surface area (Å²) in [6.45, 7) is 2.02. The van der Waals surface area contributed by atoms with Crippen LogP contribution in [0, 0.1) is 27.9 Å². The van der Waals surface area contributed by atoms with E-state index < -0.39 is 10.9 Å². The van der Waals surface area contributed by atoms with E-state index in [1.54, 1.807) is 4.90 Å². The summed E-state index contributed by atoms with van der Waals surface area (Å²) in [5.74, 6) is 1.51. The monoisotopic (exact) mass is 373 g/mol. The van der Waals surface area contributed by atoms with Gasteiger partial charge in [0.15, 0.2) is 5.75 Å². The summed E-state index contributed by atoms with van der Waals surface area (Å²) in [4.78, 5) is 36.4. The van der Waals surface area contributed by atoms with Gasteiger partial charge in [-0.1, -0.05) is 6.42 Å². The number of esters is 1.